The normalized spacial score (nSPS) is 34.9. The predicted molar refractivity (Wildman–Crippen MR) is 56.8 cm³/mol. The molecule has 2 fully saturated rings. The van der Waals surface area contributed by atoms with Gasteiger partial charge in [-0.25, -0.2) is 0 Å². The predicted octanol–water partition coefficient (Wildman–Crippen LogP) is 0.291. The maximum absolute atomic E-state index is 11.1. The molecule has 2 aliphatic rings. The van der Waals surface area contributed by atoms with Gasteiger partial charge in [0.25, 0.3) is 0 Å². The monoisotopic (exact) mass is 229 g/mol. The molecule has 92 valence electrons. The minimum absolute atomic E-state index is 0.139. The van der Waals surface area contributed by atoms with Gasteiger partial charge < -0.3 is 19.5 Å². The fraction of sp³-hybridized carbons (Fsp3) is 0.909. The van der Waals surface area contributed by atoms with Crippen molar-refractivity contribution in [1.29, 1.82) is 0 Å². The van der Waals surface area contributed by atoms with Crippen LogP contribution in [0.1, 0.15) is 19.3 Å². The molecule has 2 aliphatic heterocycles. The van der Waals surface area contributed by atoms with Crippen LogP contribution in [0.2, 0.25) is 0 Å². The van der Waals surface area contributed by atoms with E-state index in [1.165, 1.54) is 7.11 Å². The summed E-state index contributed by atoms with van der Waals surface area (Å²) in [6, 6.07) is 0. The third-order valence-corrected chi connectivity index (χ3v) is 3.11. The van der Waals surface area contributed by atoms with Gasteiger partial charge >= 0.3 is 5.97 Å². The van der Waals surface area contributed by atoms with Gasteiger partial charge in [-0.1, -0.05) is 0 Å². The number of methoxy groups -OCH3 is 1. The minimum Gasteiger partial charge on any atom is -0.469 e. The van der Waals surface area contributed by atoms with Gasteiger partial charge in [0.1, 0.15) is 0 Å². The lowest BCUT2D eigenvalue weighted by atomic mass is 9.99. The van der Waals surface area contributed by atoms with E-state index in [1.54, 1.807) is 0 Å². The quantitative estimate of drug-likeness (QED) is 0.705. The summed E-state index contributed by atoms with van der Waals surface area (Å²) in [5, 5.41) is 3.33. The number of piperidine rings is 1. The Kier molecular flexibility index (Phi) is 4.15. The van der Waals surface area contributed by atoms with Crippen LogP contribution in [0.5, 0.6) is 0 Å². The maximum atomic E-state index is 11.1. The van der Waals surface area contributed by atoms with Crippen molar-refractivity contribution in [3.8, 4) is 0 Å². The van der Waals surface area contributed by atoms with Crippen molar-refractivity contribution in [3.05, 3.63) is 0 Å². The summed E-state index contributed by atoms with van der Waals surface area (Å²) in [6.45, 7) is 2.51. The van der Waals surface area contributed by atoms with Crippen LogP contribution < -0.4 is 5.32 Å². The second kappa shape index (κ2) is 5.61. The van der Waals surface area contributed by atoms with Crippen molar-refractivity contribution < 1.29 is 19.0 Å². The number of carbonyl (C=O) groups excluding carboxylic acids is 1. The van der Waals surface area contributed by atoms with E-state index in [1.807, 2.05) is 0 Å². The molecule has 0 radical (unpaired) electrons. The van der Waals surface area contributed by atoms with Crippen molar-refractivity contribution >= 4 is 5.97 Å². The molecule has 0 spiro atoms. The number of nitrogens with one attached hydrogen (secondary N) is 1. The number of esters is 1. The summed E-state index contributed by atoms with van der Waals surface area (Å²) in [6.07, 6.45) is 2.28. The Labute approximate surface area is 95.4 Å². The van der Waals surface area contributed by atoms with Crippen LogP contribution >= 0.6 is 0 Å². The van der Waals surface area contributed by atoms with Gasteiger partial charge in [-0.3, -0.25) is 4.79 Å². The van der Waals surface area contributed by atoms with Crippen LogP contribution in [-0.2, 0) is 19.0 Å². The van der Waals surface area contributed by atoms with Gasteiger partial charge in [-0.05, 0) is 19.4 Å². The number of hydrogen-bond acceptors (Lipinski definition) is 5. The van der Waals surface area contributed by atoms with E-state index in [0.29, 0.717) is 12.5 Å². The van der Waals surface area contributed by atoms with E-state index in [-0.39, 0.29) is 24.8 Å². The Morgan fingerprint density at radius 3 is 3.12 bits per heavy atom. The molecule has 0 aliphatic carbocycles. The first kappa shape index (κ1) is 11.8. The molecule has 1 N–H and O–H groups in total. The molecular weight excluding hydrogens is 210 g/mol. The van der Waals surface area contributed by atoms with Gasteiger partial charge in [0, 0.05) is 12.5 Å². The van der Waals surface area contributed by atoms with E-state index in [9.17, 15) is 4.79 Å². The van der Waals surface area contributed by atoms with E-state index in [4.69, 9.17) is 9.47 Å². The highest BCUT2D eigenvalue weighted by molar-refractivity contribution is 5.69. The average molecular weight is 229 g/mol. The average Bonchev–Trinajstić information content (AvgIpc) is 2.78. The van der Waals surface area contributed by atoms with Gasteiger partial charge in [0.2, 0.25) is 0 Å². The standard InChI is InChI=1S/C11H19NO4/c1-14-10(13)5-9-7-15-11(16-9)8-3-2-4-12-6-8/h8-9,11-12H,2-7H2,1H3. The van der Waals surface area contributed by atoms with Crippen LogP contribution in [0.25, 0.3) is 0 Å². The molecule has 2 saturated heterocycles. The SMILES string of the molecule is COC(=O)CC1COC(C2CCCNC2)O1. The summed E-state index contributed by atoms with van der Waals surface area (Å²) in [4.78, 5) is 11.1. The molecule has 0 aromatic rings. The van der Waals surface area contributed by atoms with Gasteiger partial charge in [0.05, 0.1) is 26.2 Å². The maximum Gasteiger partial charge on any atom is 0.308 e. The van der Waals surface area contributed by atoms with Crippen molar-refractivity contribution in [3.63, 3.8) is 0 Å². The Hall–Kier alpha value is -0.650. The van der Waals surface area contributed by atoms with Gasteiger partial charge in [-0.15, -0.1) is 0 Å². The topological polar surface area (TPSA) is 56.8 Å². The smallest absolute Gasteiger partial charge is 0.308 e. The lowest BCUT2D eigenvalue weighted by molar-refractivity contribution is -0.145. The summed E-state index contributed by atoms with van der Waals surface area (Å²) >= 11 is 0. The molecule has 0 saturated carbocycles. The lowest BCUT2D eigenvalue weighted by Crippen LogP contribution is -2.37. The number of rotatable bonds is 3. The highest BCUT2D eigenvalue weighted by Gasteiger charge is 2.34. The molecule has 0 amide bonds. The third kappa shape index (κ3) is 2.93. The molecule has 5 nitrogen and oxygen atoms in total. The summed E-state index contributed by atoms with van der Waals surface area (Å²) in [7, 11) is 1.39. The molecule has 0 bridgehead atoms. The summed E-state index contributed by atoms with van der Waals surface area (Å²) < 4.78 is 15.9. The van der Waals surface area contributed by atoms with Crippen LogP contribution in [0.15, 0.2) is 0 Å². The van der Waals surface area contributed by atoms with Gasteiger partial charge in [-0.2, -0.15) is 0 Å². The van der Waals surface area contributed by atoms with Crippen molar-refractivity contribution in [2.24, 2.45) is 5.92 Å². The zero-order valence-electron chi connectivity index (χ0n) is 9.61. The first-order valence-corrected chi connectivity index (χ1v) is 5.84. The number of ether oxygens (including phenoxy) is 3. The fourth-order valence-electron chi connectivity index (χ4n) is 2.20. The van der Waals surface area contributed by atoms with Crippen molar-refractivity contribution in [2.75, 3.05) is 26.8 Å². The summed E-state index contributed by atoms with van der Waals surface area (Å²) in [5.74, 6) is 0.174. The van der Waals surface area contributed by atoms with Crippen LogP contribution in [0.4, 0.5) is 0 Å². The van der Waals surface area contributed by atoms with E-state index in [0.717, 1.165) is 25.9 Å². The molecule has 5 heteroatoms. The Morgan fingerprint density at radius 2 is 2.44 bits per heavy atom. The molecular formula is C11H19NO4. The second-order valence-corrected chi connectivity index (χ2v) is 4.35. The zero-order chi connectivity index (χ0) is 11.4. The van der Waals surface area contributed by atoms with Crippen LogP contribution in [0.3, 0.4) is 0 Å². The molecule has 16 heavy (non-hydrogen) atoms. The Balaban J connectivity index is 1.76. The molecule has 2 heterocycles. The van der Waals surface area contributed by atoms with Crippen molar-refractivity contribution in [2.45, 2.75) is 31.7 Å². The Morgan fingerprint density at radius 1 is 1.56 bits per heavy atom. The van der Waals surface area contributed by atoms with Crippen LogP contribution in [-0.4, -0.2) is 45.2 Å². The van der Waals surface area contributed by atoms with Gasteiger partial charge in [0.15, 0.2) is 6.29 Å². The number of hydrogen-bond donors (Lipinski definition) is 1. The molecule has 3 unspecified atom stereocenters. The van der Waals surface area contributed by atoms with E-state index < -0.39 is 0 Å². The highest BCUT2D eigenvalue weighted by Crippen LogP contribution is 2.25. The molecule has 2 rings (SSSR count). The van der Waals surface area contributed by atoms with E-state index >= 15 is 0 Å². The largest absolute Gasteiger partial charge is 0.469 e. The molecule has 3 atom stereocenters. The Bertz CT molecular complexity index is 240. The first-order chi connectivity index (χ1) is 7.79. The lowest BCUT2D eigenvalue weighted by Gasteiger charge is -2.26. The number of carbonyl (C=O) groups is 1. The minimum atomic E-state index is -0.240. The van der Waals surface area contributed by atoms with Crippen molar-refractivity contribution in [1.82, 2.24) is 5.32 Å². The molecule has 0 aromatic heterocycles. The van der Waals surface area contributed by atoms with Crippen LogP contribution in [0, 0.1) is 5.92 Å². The first-order valence-electron chi connectivity index (χ1n) is 5.84. The summed E-state index contributed by atoms with van der Waals surface area (Å²) in [5.41, 5.74) is 0. The molecule has 0 aromatic carbocycles. The highest BCUT2D eigenvalue weighted by atomic mass is 16.7. The zero-order valence-corrected chi connectivity index (χ0v) is 9.61. The fourth-order valence-corrected chi connectivity index (χ4v) is 2.20. The second-order valence-electron chi connectivity index (χ2n) is 4.35. The third-order valence-electron chi connectivity index (χ3n) is 3.11. The van der Waals surface area contributed by atoms with E-state index in [2.05, 4.69) is 10.1 Å².